The Hall–Kier alpha value is -1.32. The van der Waals surface area contributed by atoms with Crippen molar-refractivity contribution in [2.45, 2.75) is 0 Å². The molecule has 1 aromatic heterocycles. The lowest BCUT2D eigenvalue weighted by Crippen LogP contribution is -2.15. The first kappa shape index (κ1) is 3.00. The second kappa shape index (κ2) is 1.89. The molecule has 1 rings (SSSR count). The van der Waals surface area contributed by atoms with E-state index in [1.807, 2.05) is 0 Å². The number of carbonyl (C=O) groups excluding carboxylic acids is 1. The fraction of sp³-hybridized carbons (Fsp3) is 0.200. The first-order valence-corrected chi connectivity index (χ1v) is 2.27. The highest BCUT2D eigenvalue weighted by Crippen LogP contribution is 1.91. The summed E-state index contributed by atoms with van der Waals surface area (Å²) in [7, 11) is 0. The Morgan fingerprint density at radius 3 is 3.33 bits per heavy atom. The minimum atomic E-state index is -2.45. The van der Waals surface area contributed by atoms with E-state index in [2.05, 4.69) is 5.10 Å². The summed E-state index contributed by atoms with van der Waals surface area (Å²) in [6.45, 7) is -2.45. The molecular formula is C5H7N3O. The molecule has 0 unspecified atom stereocenters. The summed E-state index contributed by atoms with van der Waals surface area (Å²) in [5.74, 6) is -0.802. The summed E-state index contributed by atoms with van der Waals surface area (Å²) in [4.78, 5) is 10.6. The maximum absolute atomic E-state index is 10.6. The fourth-order valence-electron chi connectivity index (χ4n) is 0.490. The molecule has 0 aromatic carbocycles. The summed E-state index contributed by atoms with van der Waals surface area (Å²) in [5.41, 5.74) is 4.79. The highest BCUT2D eigenvalue weighted by Gasteiger charge is 2.02. The quantitative estimate of drug-likeness (QED) is 0.555. The van der Waals surface area contributed by atoms with Gasteiger partial charge in [0, 0.05) is 17.3 Å². The molecule has 0 atom stereocenters. The molecule has 4 nitrogen and oxygen atoms in total. The smallest absolute Gasteiger partial charge is 0.266 e. The Bertz CT molecular complexity index is 303. The Balaban J connectivity index is 3.17. The summed E-state index contributed by atoms with van der Waals surface area (Å²) in [6, 6.07) is 1.26. The van der Waals surface area contributed by atoms with Crippen LogP contribution in [-0.4, -0.2) is 15.7 Å². The molecule has 0 saturated carbocycles. The first-order valence-electron chi connectivity index (χ1n) is 3.77. The first-order chi connectivity index (χ1) is 5.43. The summed E-state index contributed by atoms with van der Waals surface area (Å²) >= 11 is 0. The minimum Gasteiger partial charge on any atom is -0.364 e. The van der Waals surface area contributed by atoms with Gasteiger partial charge in [-0.1, -0.05) is 0 Å². The molecule has 0 fully saturated rings. The van der Waals surface area contributed by atoms with Gasteiger partial charge in [-0.15, -0.1) is 0 Å². The van der Waals surface area contributed by atoms with Crippen LogP contribution in [-0.2, 0) is 6.98 Å². The number of rotatable bonds is 1. The molecule has 0 bridgehead atoms. The highest BCUT2D eigenvalue weighted by molar-refractivity contribution is 5.90. The average molecular weight is 128 g/mol. The predicted molar refractivity (Wildman–Crippen MR) is 31.7 cm³/mol. The lowest BCUT2D eigenvalue weighted by molar-refractivity contribution is 0.0991. The molecule has 0 aliphatic carbocycles. The van der Waals surface area contributed by atoms with Crippen molar-refractivity contribution in [2.75, 3.05) is 0 Å². The van der Waals surface area contributed by atoms with E-state index in [-0.39, 0.29) is 5.69 Å². The topological polar surface area (TPSA) is 60.9 Å². The third-order valence-corrected chi connectivity index (χ3v) is 0.895. The number of amides is 1. The van der Waals surface area contributed by atoms with Gasteiger partial charge in [-0.05, 0) is 6.07 Å². The standard InChI is InChI=1S/C5H7N3O/c1-8-4(5(6)9)2-3-7-8/h2-3H,1H3,(H2,6,9)/i1D3. The van der Waals surface area contributed by atoms with E-state index in [4.69, 9.17) is 9.85 Å². The van der Waals surface area contributed by atoms with Crippen molar-refractivity contribution < 1.29 is 8.91 Å². The summed E-state index contributed by atoms with van der Waals surface area (Å²) < 4.78 is 21.5. The molecule has 4 heteroatoms. The molecule has 48 valence electrons. The van der Waals surface area contributed by atoms with Crippen LogP contribution in [0.1, 0.15) is 14.6 Å². The van der Waals surface area contributed by atoms with Crippen LogP contribution in [0.3, 0.4) is 0 Å². The molecule has 1 amide bonds. The monoisotopic (exact) mass is 128 g/mol. The largest absolute Gasteiger partial charge is 0.364 e. The molecule has 0 spiro atoms. The van der Waals surface area contributed by atoms with Crippen LogP contribution in [0.5, 0.6) is 0 Å². The molecule has 0 radical (unpaired) electrons. The molecule has 0 saturated heterocycles. The number of hydrogen-bond donors (Lipinski definition) is 1. The van der Waals surface area contributed by atoms with Crippen LogP contribution < -0.4 is 5.73 Å². The third kappa shape index (κ3) is 0.910. The molecule has 0 aliphatic heterocycles. The maximum Gasteiger partial charge on any atom is 0.266 e. The van der Waals surface area contributed by atoms with Crippen LogP contribution in [0.2, 0.25) is 0 Å². The number of aryl methyl sites for hydroxylation is 1. The van der Waals surface area contributed by atoms with Crippen molar-refractivity contribution in [2.24, 2.45) is 12.7 Å². The van der Waals surface area contributed by atoms with Gasteiger partial charge in [0.25, 0.3) is 5.91 Å². The van der Waals surface area contributed by atoms with E-state index in [1.165, 1.54) is 12.3 Å². The molecule has 2 N–H and O–H groups in total. The number of primary amides is 1. The van der Waals surface area contributed by atoms with Gasteiger partial charge < -0.3 is 5.73 Å². The number of aromatic nitrogens is 2. The Labute approximate surface area is 56.5 Å². The van der Waals surface area contributed by atoms with Crippen molar-refractivity contribution in [3.05, 3.63) is 18.0 Å². The van der Waals surface area contributed by atoms with E-state index in [0.717, 1.165) is 0 Å². The molecule has 1 heterocycles. The second-order valence-electron chi connectivity index (χ2n) is 1.49. The Morgan fingerprint density at radius 2 is 2.89 bits per heavy atom. The minimum absolute atomic E-state index is 0.116. The third-order valence-electron chi connectivity index (χ3n) is 0.895. The van der Waals surface area contributed by atoms with Gasteiger partial charge >= 0.3 is 0 Å². The normalized spacial score (nSPS) is 15.8. The lowest BCUT2D eigenvalue weighted by atomic mass is 10.4. The molecule has 9 heavy (non-hydrogen) atoms. The Kier molecular flexibility index (Phi) is 0.631. The van der Waals surface area contributed by atoms with Gasteiger partial charge in [-0.3, -0.25) is 9.48 Å². The lowest BCUT2D eigenvalue weighted by Gasteiger charge is -1.92. The van der Waals surface area contributed by atoms with Crippen LogP contribution in [0, 0.1) is 0 Å². The van der Waals surface area contributed by atoms with Crippen LogP contribution >= 0.6 is 0 Å². The van der Waals surface area contributed by atoms with E-state index in [9.17, 15) is 4.79 Å². The van der Waals surface area contributed by atoms with E-state index in [1.54, 1.807) is 0 Å². The highest BCUT2D eigenvalue weighted by atomic mass is 16.1. The van der Waals surface area contributed by atoms with Crippen LogP contribution in [0.15, 0.2) is 12.3 Å². The van der Waals surface area contributed by atoms with Crippen molar-refractivity contribution in [3.63, 3.8) is 0 Å². The fourth-order valence-corrected chi connectivity index (χ4v) is 0.490. The number of carbonyl (C=O) groups is 1. The van der Waals surface area contributed by atoms with E-state index in [0.29, 0.717) is 4.68 Å². The van der Waals surface area contributed by atoms with Gasteiger partial charge in [-0.25, -0.2) is 0 Å². The van der Waals surface area contributed by atoms with Crippen molar-refractivity contribution in [1.29, 1.82) is 0 Å². The van der Waals surface area contributed by atoms with Gasteiger partial charge in [-0.2, -0.15) is 5.10 Å². The zero-order valence-corrected chi connectivity index (χ0v) is 4.53. The zero-order valence-electron chi connectivity index (χ0n) is 7.53. The molecule has 0 aliphatic rings. The Morgan fingerprint density at radius 1 is 2.11 bits per heavy atom. The number of nitrogens with two attached hydrogens (primary N) is 1. The summed E-state index contributed by atoms with van der Waals surface area (Å²) in [5, 5.41) is 3.46. The maximum atomic E-state index is 10.6. The number of nitrogens with zero attached hydrogens (tertiary/aromatic N) is 2. The SMILES string of the molecule is [2H]C([2H])([2H])n1nccc1C(N)=O. The molecular weight excluding hydrogens is 118 g/mol. The predicted octanol–water partition coefficient (Wildman–Crippen LogP) is -0.481. The van der Waals surface area contributed by atoms with Crippen molar-refractivity contribution in [3.8, 4) is 0 Å². The van der Waals surface area contributed by atoms with Gasteiger partial charge in [0.15, 0.2) is 0 Å². The van der Waals surface area contributed by atoms with Gasteiger partial charge in [0.1, 0.15) is 5.69 Å². The average Bonchev–Trinajstić information content (AvgIpc) is 2.30. The summed E-state index contributed by atoms with van der Waals surface area (Å²) in [6.07, 6.45) is 1.21. The van der Waals surface area contributed by atoms with E-state index < -0.39 is 12.9 Å². The van der Waals surface area contributed by atoms with Crippen molar-refractivity contribution in [1.82, 2.24) is 9.78 Å². The van der Waals surface area contributed by atoms with E-state index >= 15 is 0 Å². The van der Waals surface area contributed by atoms with Crippen LogP contribution in [0.4, 0.5) is 0 Å². The van der Waals surface area contributed by atoms with Gasteiger partial charge in [0.05, 0.1) is 0 Å². The number of hydrogen-bond acceptors (Lipinski definition) is 2. The van der Waals surface area contributed by atoms with Crippen molar-refractivity contribution >= 4 is 5.91 Å². The zero-order chi connectivity index (χ0) is 9.35. The van der Waals surface area contributed by atoms with Gasteiger partial charge in [0.2, 0.25) is 0 Å². The van der Waals surface area contributed by atoms with Crippen LogP contribution in [0.25, 0.3) is 0 Å². The second-order valence-corrected chi connectivity index (χ2v) is 1.49. The molecule has 1 aromatic rings.